The first-order valence-corrected chi connectivity index (χ1v) is 14.3. The van der Waals surface area contributed by atoms with Gasteiger partial charge in [0, 0.05) is 24.1 Å². The number of aldehydes is 1. The van der Waals surface area contributed by atoms with Crippen LogP contribution in [0.25, 0.3) is 0 Å². The van der Waals surface area contributed by atoms with Gasteiger partial charge in [-0.15, -0.1) is 0 Å². The number of halogens is 4. The van der Waals surface area contributed by atoms with Crippen molar-refractivity contribution in [1.82, 2.24) is 14.9 Å². The predicted octanol–water partition coefficient (Wildman–Crippen LogP) is 5.84. The number of nitrogens with zero attached hydrogens (tertiary/aromatic N) is 3. The standard InChI is InChI=1S/C31H32ClF3N4O5/c1-31(2,3)44-30(42)39-15-22(43-17-21(39)16-40)5-6-23-27(35)13-37-14-28(23)38-29(41)10-24(19-8-20(33)12-36-11-19)18-4-7-25(32)26(34)9-18/h4,7-9,11-14,16,21-22,24H,5-6,10,15,17H2,1-3H3,(H,38,41). The van der Waals surface area contributed by atoms with Crippen LogP contribution in [0.5, 0.6) is 0 Å². The van der Waals surface area contributed by atoms with Crippen LogP contribution in [0, 0.1) is 17.5 Å². The molecule has 1 aromatic carbocycles. The number of aromatic nitrogens is 2. The van der Waals surface area contributed by atoms with Crippen molar-refractivity contribution in [2.45, 2.75) is 63.7 Å². The van der Waals surface area contributed by atoms with E-state index in [0.29, 0.717) is 17.4 Å². The number of rotatable bonds is 9. The van der Waals surface area contributed by atoms with Crippen molar-refractivity contribution in [3.63, 3.8) is 0 Å². The molecular formula is C31H32ClF3N4O5. The van der Waals surface area contributed by atoms with Crippen molar-refractivity contribution in [2.24, 2.45) is 0 Å². The van der Waals surface area contributed by atoms with Crippen molar-refractivity contribution in [2.75, 3.05) is 18.5 Å². The molecule has 0 spiro atoms. The van der Waals surface area contributed by atoms with Crippen LogP contribution in [-0.4, -0.2) is 64.1 Å². The summed E-state index contributed by atoms with van der Waals surface area (Å²) in [6, 6.07) is 4.42. The normalized spacial score (nSPS) is 17.6. The van der Waals surface area contributed by atoms with Gasteiger partial charge >= 0.3 is 6.09 Å². The van der Waals surface area contributed by atoms with E-state index in [-0.39, 0.29) is 48.7 Å². The Hall–Kier alpha value is -4.03. The maximum Gasteiger partial charge on any atom is 0.411 e. The van der Waals surface area contributed by atoms with Crippen LogP contribution in [-0.2, 0) is 25.5 Å². The topological polar surface area (TPSA) is 111 Å². The molecular weight excluding hydrogens is 601 g/mol. The quantitative estimate of drug-likeness (QED) is 0.295. The lowest BCUT2D eigenvalue weighted by molar-refractivity contribution is -0.123. The Kier molecular flexibility index (Phi) is 10.6. The van der Waals surface area contributed by atoms with Gasteiger partial charge in [-0.2, -0.15) is 0 Å². The monoisotopic (exact) mass is 632 g/mol. The third kappa shape index (κ3) is 8.54. The molecule has 3 aromatic rings. The van der Waals surface area contributed by atoms with E-state index in [0.717, 1.165) is 12.4 Å². The molecule has 2 aromatic heterocycles. The molecule has 0 radical (unpaired) electrons. The number of anilines is 1. The van der Waals surface area contributed by atoms with Gasteiger partial charge in [-0.3, -0.25) is 19.7 Å². The number of amides is 2. The van der Waals surface area contributed by atoms with Crippen LogP contribution in [0.2, 0.25) is 5.02 Å². The molecule has 1 fully saturated rings. The zero-order valence-electron chi connectivity index (χ0n) is 24.4. The van der Waals surface area contributed by atoms with Crippen LogP contribution in [0.1, 0.15) is 56.2 Å². The molecule has 1 saturated heterocycles. The van der Waals surface area contributed by atoms with Gasteiger partial charge in [-0.1, -0.05) is 17.7 Å². The molecule has 9 nitrogen and oxygen atoms in total. The van der Waals surface area contributed by atoms with E-state index >= 15 is 0 Å². The Morgan fingerprint density at radius 1 is 1.11 bits per heavy atom. The Bertz CT molecular complexity index is 1520. The van der Waals surface area contributed by atoms with Gasteiger partial charge < -0.3 is 19.6 Å². The highest BCUT2D eigenvalue weighted by Crippen LogP contribution is 2.31. The minimum Gasteiger partial charge on any atom is -0.444 e. The number of pyridine rings is 2. The third-order valence-corrected chi connectivity index (χ3v) is 7.25. The summed E-state index contributed by atoms with van der Waals surface area (Å²) in [7, 11) is 0. The molecule has 0 aliphatic carbocycles. The molecule has 1 N–H and O–H groups in total. The highest BCUT2D eigenvalue weighted by molar-refractivity contribution is 6.30. The number of carbonyl (C=O) groups is 3. The molecule has 0 saturated carbocycles. The van der Waals surface area contributed by atoms with Crippen LogP contribution in [0.15, 0.2) is 49.1 Å². The molecule has 44 heavy (non-hydrogen) atoms. The lowest BCUT2D eigenvalue weighted by Gasteiger charge is -2.38. The maximum absolute atomic E-state index is 15.0. The Labute approximate surface area is 257 Å². The number of benzene rings is 1. The number of morpholine rings is 1. The lowest BCUT2D eigenvalue weighted by Crippen LogP contribution is -2.54. The van der Waals surface area contributed by atoms with Crippen molar-refractivity contribution in [1.29, 1.82) is 0 Å². The minimum absolute atomic E-state index is 0.0442. The first kappa shape index (κ1) is 32.9. The highest BCUT2D eigenvalue weighted by atomic mass is 35.5. The minimum atomic E-state index is -0.816. The second-order valence-corrected chi connectivity index (χ2v) is 11.8. The zero-order valence-corrected chi connectivity index (χ0v) is 25.1. The fourth-order valence-electron chi connectivity index (χ4n) is 4.84. The molecule has 234 valence electrons. The number of hydrogen-bond donors (Lipinski definition) is 1. The fraction of sp³-hybridized carbons (Fsp3) is 0.387. The summed E-state index contributed by atoms with van der Waals surface area (Å²) < 4.78 is 54.5. The van der Waals surface area contributed by atoms with Crippen molar-refractivity contribution in [3.8, 4) is 0 Å². The summed E-state index contributed by atoms with van der Waals surface area (Å²) in [4.78, 5) is 46.5. The number of hydrogen-bond acceptors (Lipinski definition) is 7. The highest BCUT2D eigenvalue weighted by Gasteiger charge is 2.35. The second kappa shape index (κ2) is 14.2. The van der Waals surface area contributed by atoms with E-state index < -0.39 is 53.1 Å². The van der Waals surface area contributed by atoms with Gasteiger partial charge in [0.2, 0.25) is 5.91 Å². The molecule has 0 bridgehead atoms. The predicted molar refractivity (Wildman–Crippen MR) is 156 cm³/mol. The number of ether oxygens (including phenoxy) is 2. The molecule has 3 atom stereocenters. The van der Waals surface area contributed by atoms with Gasteiger partial charge in [0.1, 0.15) is 35.4 Å². The van der Waals surface area contributed by atoms with E-state index in [1.54, 1.807) is 20.8 Å². The van der Waals surface area contributed by atoms with E-state index in [2.05, 4.69) is 15.3 Å². The smallest absolute Gasteiger partial charge is 0.411 e. The third-order valence-electron chi connectivity index (χ3n) is 6.95. The molecule has 1 aliphatic heterocycles. The van der Waals surface area contributed by atoms with Gasteiger partial charge in [0.05, 0.1) is 48.6 Å². The summed E-state index contributed by atoms with van der Waals surface area (Å²) in [6.45, 7) is 5.15. The number of carbonyl (C=O) groups excluding carboxylic acids is 3. The summed E-state index contributed by atoms with van der Waals surface area (Å²) in [5.41, 5.74) is 0.192. The van der Waals surface area contributed by atoms with Crippen molar-refractivity contribution in [3.05, 3.63) is 88.2 Å². The molecule has 13 heteroatoms. The summed E-state index contributed by atoms with van der Waals surface area (Å²) >= 11 is 5.83. The molecule has 4 rings (SSSR count). The molecule has 3 unspecified atom stereocenters. The first-order chi connectivity index (χ1) is 20.8. The lowest BCUT2D eigenvalue weighted by atomic mass is 9.89. The van der Waals surface area contributed by atoms with Crippen molar-refractivity contribution >= 4 is 35.6 Å². The Morgan fingerprint density at radius 2 is 1.86 bits per heavy atom. The molecule has 3 heterocycles. The van der Waals surface area contributed by atoms with E-state index in [1.807, 2.05) is 0 Å². The van der Waals surface area contributed by atoms with Gasteiger partial charge in [-0.05, 0) is 62.9 Å². The van der Waals surface area contributed by atoms with Crippen LogP contribution < -0.4 is 5.32 Å². The average molecular weight is 633 g/mol. The summed E-state index contributed by atoms with van der Waals surface area (Å²) in [5, 5.41) is 2.56. The van der Waals surface area contributed by atoms with Gasteiger partial charge in [-0.25, -0.2) is 18.0 Å². The van der Waals surface area contributed by atoms with E-state index in [4.69, 9.17) is 21.1 Å². The largest absolute Gasteiger partial charge is 0.444 e. The van der Waals surface area contributed by atoms with Crippen LogP contribution >= 0.6 is 11.6 Å². The fourth-order valence-corrected chi connectivity index (χ4v) is 4.96. The van der Waals surface area contributed by atoms with Crippen molar-refractivity contribution < 1.29 is 37.0 Å². The zero-order chi connectivity index (χ0) is 32.0. The molecule has 2 amide bonds. The Balaban J connectivity index is 1.49. The van der Waals surface area contributed by atoms with Crippen LogP contribution in [0.4, 0.5) is 23.7 Å². The Morgan fingerprint density at radius 3 is 2.55 bits per heavy atom. The van der Waals surface area contributed by atoms with Crippen LogP contribution in [0.3, 0.4) is 0 Å². The maximum atomic E-state index is 15.0. The van der Waals surface area contributed by atoms with E-state index in [9.17, 15) is 27.6 Å². The summed E-state index contributed by atoms with van der Waals surface area (Å²) in [6.07, 6.45) is 4.20. The number of nitrogens with one attached hydrogen (secondary N) is 1. The average Bonchev–Trinajstić information content (AvgIpc) is 2.96. The van der Waals surface area contributed by atoms with Gasteiger partial charge in [0.25, 0.3) is 0 Å². The SMILES string of the molecule is CC(C)(C)OC(=O)N1CC(CCc2c(F)cncc2NC(=O)CC(c2cncc(F)c2)c2ccc(Cl)c(F)c2)OCC1C=O. The van der Waals surface area contributed by atoms with Gasteiger partial charge in [0.15, 0.2) is 0 Å². The molecule has 1 aliphatic rings. The first-order valence-electron chi connectivity index (χ1n) is 13.9. The summed E-state index contributed by atoms with van der Waals surface area (Å²) in [5.74, 6) is -3.37. The van der Waals surface area contributed by atoms with E-state index in [1.165, 1.54) is 41.6 Å². The second-order valence-electron chi connectivity index (χ2n) is 11.4.